The molecule has 0 aliphatic carbocycles. The second-order valence-electron chi connectivity index (χ2n) is 15.3. The minimum atomic E-state index is -5.25. The first-order chi connectivity index (χ1) is 27.5. The van der Waals surface area contributed by atoms with Crippen molar-refractivity contribution < 1.29 is 84.0 Å². The lowest BCUT2D eigenvalue weighted by atomic mass is 9.71. The monoisotopic (exact) mass is 918 g/mol. The molecule has 4 nitrogen and oxygen atoms in total. The van der Waals surface area contributed by atoms with Crippen molar-refractivity contribution in [2.75, 3.05) is 20.2 Å². The van der Waals surface area contributed by atoms with Crippen LogP contribution < -0.4 is 21.7 Å². The zero-order valence-electron chi connectivity index (χ0n) is 31.4. The highest BCUT2D eigenvalue weighted by atomic mass is 79.9. The van der Waals surface area contributed by atoms with Crippen LogP contribution in [0.5, 0.6) is 5.75 Å². The number of alkyl halides is 12. The molecule has 8 rings (SSSR count). The lowest BCUT2D eigenvalue weighted by Crippen LogP contribution is -3.00. The topological polar surface area (TPSA) is 42.4 Å². The van der Waals surface area contributed by atoms with Gasteiger partial charge in [-0.15, -0.1) is 6.58 Å². The van der Waals surface area contributed by atoms with Crippen LogP contribution >= 0.6 is 0 Å². The van der Waals surface area contributed by atoms with Crippen molar-refractivity contribution in [2.24, 2.45) is 11.8 Å². The van der Waals surface area contributed by atoms with E-state index < -0.39 is 70.2 Å². The predicted molar refractivity (Wildman–Crippen MR) is 194 cm³/mol. The third-order valence-corrected chi connectivity index (χ3v) is 11.7. The van der Waals surface area contributed by atoms with E-state index in [0.717, 1.165) is 6.07 Å². The van der Waals surface area contributed by atoms with E-state index in [9.17, 15) is 57.8 Å². The van der Waals surface area contributed by atoms with E-state index in [1.54, 1.807) is 30.3 Å². The van der Waals surface area contributed by atoms with Crippen LogP contribution in [0.25, 0.3) is 33.2 Å². The van der Waals surface area contributed by atoms with E-state index in [0.29, 0.717) is 72.4 Å². The van der Waals surface area contributed by atoms with Gasteiger partial charge in [-0.05, 0) is 113 Å². The van der Waals surface area contributed by atoms with Crippen molar-refractivity contribution in [3.63, 3.8) is 0 Å². The Balaban J connectivity index is 0.00000604. The summed E-state index contributed by atoms with van der Waals surface area (Å²) in [4.78, 5) is 4.40. The van der Waals surface area contributed by atoms with Gasteiger partial charge in [-0.1, -0.05) is 6.08 Å². The van der Waals surface area contributed by atoms with Crippen LogP contribution in [-0.4, -0.2) is 40.8 Å². The summed E-state index contributed by atoms with van der Waals surface area (Å²) in [6.45, 7) is 4.75. The third kappa shape index (κ3) is 8.89. The second-order valence-corrected chi connectivity index (χ2v) is 15.3. The van der Waals surface area contributed by atoms with Crippen molar-refractivity contribution in [1.29, 1.82) is 0 Å². The fourth-order valence-corrected chi connectivity index (χ4v) is 8.84. The first kappa shape index (κ1) is 44.9. The lowest BCUT2D eigenvalue weighted by molar-refractivity contribution is -0.984. The fraction of sp³-hybridized carbons (Fsp3) is 0.326. The lowest BCUT2D eigenvalue weighted by Gasteiger charge is -2.58. The van der Waals surface area contributed by atoms with Crippen molar-refractivity contribution in [3.8, 4) is 28.0 Å². The highest BCUT2D eigenvalue weighted by molar-refractivity contribution is 5.84. The quantitative estimate of drug-likeness (QED) is 0.0960. The number of rotatable bonds is 8. The molecule has 5 aromatic rings. The number of aliphatic hydroxyl groups excluding tert-OH is 1. The molecule has 2 bridgehead atoms. The molecule has 0 spiro atoms. The van der Waals surface area contributed by atoms with Gasteiger partial charge >= 0.3 is 24.7 Å². The number of halogens is 13. The molecule has 0 saturated carbocycles. The first-order valence-electron chi connectivity index (χ1n) is 18.3. The van der Waals surface area contributed by atoms with Crippen molar-refractivity contribution >= 4 is 10.9 Å². The SMILES string of the molecule is C=C[C@H]1C[N+]2(Cc3cc(-c4cc(C(F)(F)F)cc(C(F)(F)F)c4)cc(-c4cc(C(F)(F)F)cc(C(F)(F)F)c4)c3)CC[C@H]1C[C@H]2[C@@H](O)c1ccnc2ccc(OC)cc12.[Br-]. The second kappa shape index (κ2) is 16.0. The van der Waals surface area contributed by atoms with Gasteiger partial charge in [-0.25, -0.2) is 0 Å². The molecule has 0 amide bonds. The number of nitrogens with zero attached hydrogens (tertiary/aromatic N) is 2. The van der Waals surface area contributed by atoms with E-state index in [4.69, 9.17) is 4.74 Å². The van der Waals surface area contributed by atoms with E-state index in [1.165, 1.54) is 25.4 Å². The Morgan fingerprint density at radius 2 is 1.23 bits per heavy atom. The summed E-state index contributed by atoms with van der Waals surface area (Å²) in [6.07, 6.45) is -17.7. The summed E-state index contributed by atoms with van der Waals surface area (Å²) in [5.74, 6) is 0.504. The number of pyridine rings is 1. The molecule has 0 radical (unpaired) electrons. The van der Waals surface area contributed by atoms with Gasteiger partial charge in [-0.3, -0.25) is 4.98 Å². The van der Waals surface area contributed by atoms with Crippen LogP contribution in [0, 0.1) is 11.8 Å². The molecule has 17 heteroatoms. The van der Waals surface area contributed by atoms with Gasteiger partial charge in [0.25, 0.3) is 0 Å². The molecule has 4 aromatic carbocycles. The zero-order valence-corrected chi connectivity index (χ0v) is 33.0. The number of hydrogen-bond acceptors (Lipinski definition) is 3. The van der Waals surface area contributed by atoms with Gasteiger partial charge in [0.05, 0.1) is 48.0 Å². The smallest absolute Gasteiger partial charge is 0.416 e. The average Bonchev–Trinajstić information content (AvgIpc) is 3.18. The van der Waals surface area contributed by atoms with Crippen molar-refractivity contribution in [2.45, 2.75) is 56.2 Å². The minimum Gasteiger partial charge on any atom is -1.00 e. The first-order valence-corrected chi connectivity index (χ1v) is 18.3. The maximum atomic E-state index is 14.0. The normalized spacial score (nSPS) is 21.4. The van der Waals surface area contributed by atoms with Crippen LogP contribution in [0.3, 0.4) is 0 Å². The summed E-state index contributed by atoms with van der Waals surface area (Å²) in [5.41, 5.74) is -7.23. The number of quaternary nitrogens is 1. The molecule has 4 heterocycles. The molecule has 1 N–H and O–H groups in total. The molecule has 3 fully saturated rings. The van der Waals surface area contributed by atoms with Gasteiger partial charge in [0.2, 0.25) is 0 Å². The number of fused-ring (bicyclic) bond motifs is 4. The largest absolute Gasteiger partial charge is 1.00 e. The van der Waals surface area contributed by atoms with Gasteiger partial charge < -0.3 is 31.3 Å². The Kier molecular flexibility index (Phi) is 12.0. The van der Waals surface area contributed by atoms with E-state index >= 15 is 0 Å². The number of benzene rings is 4. The van der Waals surface area contributed by atoms with Crippen molar-refractivity contribution in [1.82, 2.24) is 4.98 Å². The molecule has 5 atom stereocenters. The maximum absolute atomic E-state index is 14.0. The molecule has 60 heavy (non-hydrogen) atoms. The number of aromatic nitrogens is 1. The van der Waals surface area contributed by atoms with Gasteiger partial charge in [0.15, 0.2) is 0 Å². The van der Waals surface area contributed by atoms with E-state index in [1.807, 2.05) is 0 Å². The number of piperidine rings is 3. The zero-order chi connectivity index (χ0) is 42.9. The predicted octanol–water partition coefficient (Wildman–Crippen LogP) is 9.30. The molecule has 320 valence electrons. The molecular weight excluding hydrogens is 884 g/mol. The summed E-state index contributed by atoms with van der Waals surface area (Å²) < 4.78 is 174. The summed E-state index contributed by atoms with van der Waals surface area (Å²) in [7, 11) is 1.48. The number of ether oxygens (including phenoxy) is 1. The van der Waals surface area contributed by atoms with Crippen LogP contribution in [-0.2, 0) is 31.2 Å². The Hall–Kier alpha value is -4.61. The maximum Gasteiger partial charge on any atom is 0.416 e. The molecular formula is C43H35BrF12N2O2. The molecule has 1 unspecified atom stereocenters. The Morgan fingerprint density at radius 3 is 1.70 bits per heavy atom. The molecule has 1 aromatic heterocycles. The molecule has 3 aliphatic rings. The minimum absolute atomic E-state index is 0. The Bertz CT molecular complexity index is 2250. The van der Waals surface area contributed by atoms with Gasteiger partial charge in [0.1, 0.15) is 24.4 Å². The molecule has 3 aliphatic heterocycles. The standard InChI is InChI=1S/C43H35F12N2O2.BrH/c1-3-24-22-57(9-7-25(24)17-38(57)39(58)35-6-8-56-37-5-4-34(59-2)20-36(35)37)21-23-10-26(28-13-30(40(44,45)46)18-31(14-28)41(47,48)49)12-27(11-23)29-15-32(42(50,51)52)19-33(16-29)43(53,54)55;/h3-6,8,10-16,18-20,24-25,38-39,58H,1,7,9,17,21-22H2,2H3;1H/q+1;/p-1/t24-,25-,38-,39-,57?;/m0./s1. The van der Waals surface area contributed by atoms with Gasteiger partial charge in [-0.2, -0.15) is 52.7 Å². The highest BCUT2D eigenvalue weighted by Gasteiger charge is 2.54. The number of hydrogen-bond donors (Lipinski definition) is 1. The summed E-state index contributed by atoms with van der Waals surface area (Å²) in [5, 5.41) is 12.9. The van der Waals surface area contributed by atoms with Crippen LogP contribution in [0.15, 0.2) is 97.7 Å². The van der Waals surface area contributed by atoms with E-state index in [-0.39, 0.29) is 68.7 Å². The number of methoxy groups -OCH3 is 1. The van der Waals surface area contributed by atoms with Crippen LogP contribution in [0.2, 0.25) is 0 Å². The molecule has 3 saturated heterocycles. The average molecular weight is 920 g/mol. The summed E-state index contributed by atoms with van der Waals surface area (Å²) >= 11 is 0. The van der Waals surface area contributed by atoms with Crippen molar-refractivity contribution in [3.05, 3.63) is 131 Å². The van der Waals surface area contributed by atoms with E-state index in [2.05, 4.69) is 11.6 Å². The third-order valence-electron chi connectivity index (χ3n) is 11.7. The summed E-state index contributed by atoms with van der Waals surface area (Å²) in [6, 6.07) is 11.5. The fourth-order valence-electron chi connectivity index (χ4n) is 8.84. The highest BCUT2D eigenvalue weighted by Crippen LogP contribution is 2.49. The van der Waals surface area contributed by atoms with Crippen LogP contribution in [0.1, 0.15) is 52.3 Å². The Labute approximate surface area is 346 Å². The van der Waals surface area contributed by atoms with Gasteiger partial charge in [0, 0.05) is 35.9 Å². The Morgan fingerprint density at radius 1 is 0.733 bits per heavy atom. The number of aliphatic hydroxyl groups is 1. The van der Waals surface area contributed by atoms with Crippen LogP contribution in [0.4, 0.5) is 52.7 Å².